The van der Waals surface area contributed by atoms with Crippen LogP contribution in [0.25, 0.3) is 0 Å². The van der Waals surface area contributed by atoms with Gasteiger partial charge in [0.25, 0.3) is 0 Å². The quantitative estimate of drug-likeness (QED) is 0.319. The third-order valence-corrected chi connectivity index (χ3v) is 8.40. The maximum absolute atomic E-state index is 6.38. The summed E-state index contributed by atoms with van der Waals surface area (Å²) < 4.78 is 33.4. The van der Waals surface area contributed by atoms with Crippen molar-refractivity contribution in [1.82, 2.24) is 4.90 Å². The number of hydrogen-bond donors (Lipinski definition) is 0. The maximum atomic E-state index is 6.38. The van der Waals surface area contributed by atoms with Crippen LogP contribution in [0.4, 0.5) is 0 Å². The van der Waals surface area contributed by atoms with E-state index in [4.69, 9.17) is 28.4 Å². The summed E-state index contributed by atoms with van der Waals surface area (Å²) in [4.78, 5) is 2.62. The molecule has 1 saturated heterocycles. The number of fused-ring (bicyclic) bond motifs is 1. The monoisotopic (exact) mass is 505 g/mol. The van der Waals surface area contributed by atoms with Gasteiger partial charge in [0.05, 0.1) is 72.2 Å². The molecule has 1 saturated carbocycles. The molecule has 2 fully saturated rings. The molecule has 1 aliphatic heterocycles. The SMILES string of the molecule is COCCOCCOCCOCCOCCO[C@H]1CC[C@H]2[C@H]3Cc4ccc(C)cc4[C@@]2(CCN3C)C1. The Balaban J connectivity index is 1.10. The van der Waals surface area contributed by atoms with Gasteiger partial charge in [-0.15, -0.1) is 0 Å². The third-order valence-electron chi connectivity index (χ3n) is 8.40. The van der Waals surface area contributed by atoms with Crippen LogP contribution in [0.3, 0.4) is 0 Å². The molecule has 0 unspecified atom stereocenters. The third kappa shape index (κ3) is 7.07. The van der Waals surface area contributed by atoms with Crippen molar-refractivity contribution in [3.63, 3.8) is 0 Å². The van der Waals surface area contributed by atoms with Crippen LogP contribution in [-0.4, -0.2) is 104 Å². The highest BCUT2D eigenvalue weighted by Gasteiger charge is 2.55. The molecule has 4 rings (SSSR count). The predicted octanol–water partition coefficient (Wildman–Crippen LogP) is 3.39. The molecule has 1 aromatic carbocycles. The van der Waals surface area contributed by atoms with Gasteiger partial charge in [0.1, 0.15) is 0 Å². The number of piperidine rings is 1. The fourth-order valence-electron chi connectivity index (χ4n) is 6.62. The van der Waals surface area contributed by atoms with E-state index in [1.807, 2.05) is 0 Å². The van der Waals surface area contributed by atoms with Gasteiger partial charge in [-0.25, -0.2) is 0 Å². The number of nitrogens with zero attached hydrogens (tertiary/aromatic N) is 1. The fourth-order valence-corrected chi connectivity index (χ4v) is 6.62. The zero-order valence-electron chi connectivity index (χ0n) is 22.7. The van der Waals surface area contributed by atoms with Crippen molar-refractivity contribution in [2.24, 2.45) is 5.92 Å². The lowest BCUT2D eigenvalue weighted by Crippen LogP contribution is -2.61. The van der Waals surface area contributed by atoms with Crippen molar-refractivity contribution in [3.05, 3.63) is 34.9 Å². The maximum Gasteiger partial charge on any atom is 0.0704 e. The summed E-state index contributed by atoms with van der Waals surface area (Å²) in [6.07, 6.45) is 6.36. The van der Waals surface area contributed by atoms with Crippen LogP contribution in [0, 0.1) is 12.8 Å². The highest BCUT2D eigenvalue weighted by Crippen LogP contribution is 2.56. The molecule has 2 aliphatic carbocycles. The van der Waals surface area contributed by atoms with Crippen molar-refractivity contribution in [2.45, 2.75) is 56.6 Å². The summed E-state index contributed by atoms with van der Waals surface area (Å²) in [6.45, 7) is 9.37. The Bertz CT molecular complexity index is 791. The van der Waals surface area contributed by atoms with Crippen molar-refractivity contribution < 1.29 is 28.4 Å². The van der Waals surface area contributed by atoms with Crippen LogP contribution in [0.2, 0.25) is 0 Å². The number of ether oxygens (including phenoxy) is 6. The Morgan fingerprint density at radius 1 is 0.861 bits per heavy atom. The van der Waals surface area contributed by atoms with E-state index in [0.717, 1.165) is 12.3 Å². The molecule has 7 nitrogen and oxygen atoms in total. The molecule has 7 heteroatoms. The first-order valence-electron chi connectivity index (χ1n) is 13.9. The number of likely N-dealkylation sites (N-methyl/N-ethyl adjacent to an activating group) is 1. The molecule has 0 aromatic heterocycles. The minimum atomic E-state index is 0.284. The van der Waals surface area contributed by atoms with E-state index >= 15 is 0 Å². The van der Waals surface area contributed by atoms with Crippen LogP contribution in [0.5, 0.6) is 0 Å². The Kier molecular flexibility index (Phi) is 11.0. The molecular formula is C29H47NO6. The second-order valence-corrected chi connectivity index (χ2v) is 10.6. The summed E-state index contributed by atoms with van der Waals surface area (Å²) in [5.74, 6) is 0.756. The average Bonchev–Trinajstić information content (AvgIpc) is 2.88. The largest absolute Gasteiger partial charge is 0.382 e. The first-order valence-corrected chi connectivity index (χ1v) is 13.9. The van der Waals surface area contributed by atoms with E-state index in [-0.39, 0.29) is 5.41 Å². The summed E-state index contributed by atoms with van der Waals surface area (Å²) in [7, 11) is 3.99. The van der Waals surface area contributed by atoms with Crippen LogP contribution in [0.15, 0.2) is 18.2 Å². The van der Waals surface area contributed by atoms with Crippen molar-refractivity contribution >= 4 is 0 Å². The second-order valence-electron chi connectivity index (χ2n) is 10.6. The topological polar surface area (TPSA) is 58.6 Å². The zero-order valence-corrected chi connectivity index (χ0v) is 22.7. The van der Waals surface area contributed by atoms with E-state index in [2.05, 4.69) is 37.1 Å². The van der Waals surface area contributed by atoms with Gasteiger partial charge in [0.2, 0.25) is 0 Å². The lowest BCUT2D eigenvalue weighted by molar-refractivity contribution is -0.0774. The molecular weight excluding hydrogens is 458 g/mol. The Hall–Kier alpha value is -1.06. The average molecular weight is 506 g/mol. The van der Waals surface area contributed by atoms with E-state index in [9.17, 15) is 0 Å². The summed E-state index contributed by atoms with van der Waals surface area (Å²) in [5, 5.41) is 0. The zero-order chi connectivity index (χ0) is 25.2. The van der Waals surface area contributed by atoms with Crippen LogP contribution in [0.1, 0.15) is 42.4 Å². The van der Waals surface area contributed by atoms with Gasteiger partial charge >= 0.3 is 0 Å². The van der Waals surface area contributed by atoms with E-state index in [1.54, 1.807) is 18.2 Å². The van der Waals surface area contributed by atoms with Gasteiger partial charge in [0.15, 0.2) is 0 Å². The minimum Gasteiger partial charge on any atom is -0.382 e. The molecule has 36 heavy (non-hydrogen) atoms. The number of hydrogen-bond acceptors (Lipinski definition) is 7. The van der Waals surface area contributed by atoms with Crippen molar-refractivity contribution in [1.29, 1.82) is 0 Å². The van der Waals surface area contributed by atoms with Gasteiger partial charge in [-0.05, 0) is 69.7 Å². The van der Waals surface area contributed by atoms with Gasteiger partial charge in [0, 0.05) is 18.6 Å². The lowest BCUT2D eigenvalue weighted by atomic mass is 9.52. The number of benzene rings is 1. The molecule has 0 amide bonds. The molecule has 1 aromatic rings. The molecule has 2 bridgehead atoms. The summed E-state index contributed by atoms with van der Waals surface area (Å²) in [6, 6.07) is 7.84. The van der Waals surface area contributed by atoms with E-state index in [1.165, 1.54) is 37.8 Å². The van der Waals surface area contributed by atoms with Crippen molar-refractivity contribution in [3.8, 4) is 0 Å². The first-order chi connectivity index (χ1) is 17.6. The van der Waals surface area contributed by atoms with E-state index < -0.39 is 0 Å². The Morgan fingerprint density at radius 3 is 2.17 bits per heavy atom. The minimum absolute atomic E-state index is 0.284. The predicted molar refractivity (Wildman–Crippen MR) is 140 cm³/mol. The molecule has 204 valence electrons. The summed E-state index contributed by atoms with van der Waals surface area (Å²) >= 11 is 0. The molecule has 4 atom stereocenters. The normalized spacial score (nSPS) is 27.6. The molecule has 0 spiro atoms. The molecule has 0 N–H and O–H groups in total. The summed E-state index contributed by atoms with van der Waals surface area (Å²) in [5.41, 5.74) is 4.86. The number of methoxy groups -OCH3 is 1. The number of aryl methyl sites for hydroxylation is 1. The van der Waals surface area contributed by atoms with Crippen molar-refractivity contribution in [2.75, 3.05) is 86.8 Å². The number of likely N-dealkylation sites (tertiary alicyclic amines) is 1. The van der Waals surface area contributed by atoms with Gasteiger partial charge in [-0.1, -0.05) is 23.8 Å². The smallest absolute Gasteiger partial charge is 0.0704 e. The van der Waals surface area contributed by atoms with E-state index in [0.29, 0.717) is 78.2 Å². The standard InChI is InChI=1S/C29H47NO6/c1-23-4-5-24-21-28-26-7-6-25(22-29(26,27(24)20-23)8-9-30(28)2)36-19-18-35-17-16-34-15-14-33-13-12-32-11-10-31-3/h4-5,20,25-26,28H,6-19,21-22H2,1-3H3/t25-,26-,28+,29-/m0/s1. The molecule has 0 radical (unpaired) electrons. The fraction of sp³-hybridized carbons (Fsp3) is 0.793. The van der Waals surface area contributed by atoms with Crippen LogP contribution < -0.4 is 0 Å². The molecule has 1 heterocycles. The molecule has 3 aliphatic rings. The van der Waals surface area contributed by atoms with Gasteiger partial charge in [-0.3, -0.25) is 0 Å². The van der Waals surface area contributed by atoms with Gasteiger partial charge < -0.3 is 33.3 Å². The van der Waals surface area contributed by atoms with Crippen LogP contribution in [-0.2, 0) is 40.3 Å². The Labute approximate surface area is 217 Å². The Morgan fingerprint density at radius 2 is 1.50 bits per heavy atom. The highest BCUT2D eigenvalue weighted by atomic mass is 16.6. The first kappa shape index (κ1) is 28.0. The highest BCUT2D eigenvalue weighted by molar-refractivity contribution is 5.43. The van der Waals surface area contributed by atoms with Gasteiger partial charge in [-0.2, -0.15) is 0 Å². The lowest BCUT2D eigenvalue weighted by Gasteiger charge is -2.59. The second kappa shape index (κ2) is 14.2. The van der Waals surface area contributed by atoms with Crippen LogP contribution >= 0.6 is 0 Å². The number of rotatable bonds is 16.